The molecule has 0 spiro atoms. The summed E-state index contributed by atoms with van der Waals surface area (Å²) in [6, 6.07) is 14.9. The molecule has 0 saturated carbocycles. The molecule has 5 nitrogen and oxygen atoms in total. The highest BCUT2D eigenvalue weighted by Crippen LogP contribution is 2.19. The molecule has 1 amide bonds. The number of nitrogens with zero attached hydrogens (tertiary/aromatic N) is 2. The van der Waals surface area contributed by atoms with Crippen molar-refractivity contribution in [3.8, 4) is 11.3 Å². The summed E-state index contributed by atoms with van der Waals surface area (Å²) in [6.07, 6.45) is 3.37. The standard InChI is InChI=1S/C16H13N3O2/c20-16(18-11-12-6-8-17-9-7-12)14-10-15(21-19-14)13-4-2-1-3-5-13/h1-10H,11H2,(H,18,20). The van der Waals surface area contributed by atoms with E-state index in [9.17, 15) is 4.79 Å². The lowest BCUT2D eigenvalue weighted by atomic mass is 10.1. The fourth-order valence-electron chi connectivity index (χ4n) is 1.89. The van der Waals surface area contributed by atoms with E-state index < -0.39 is 0 Å². The Balaban J connectivity index is 1.67. The number of hydrogen-bond acceptors (Lipinski definition) is 4. The third kappa shape index (κ3) is 3.14. The van der Waals surface area contributed by atoms with Crippen LogP contribution in [0, 0.1) is 0 Å². The maximum absolute atomic E-state index is 12.0. The van der Waals surface area contributed by atoms with Gasteiger partial charge < -0.3 is 9.84 Å². The summed E-state index contributed by atoms with van der Waals surface area (Å²) in [5.41, 5.74) is 2.13. The molecule has 0 aliphatic heterocycles. The Morgan fingerprint density at radius 3 is 2.62 bits per heavy atom. The molecule has 0 fully saturated rings. The van der Waals surface area contributed by atoms with Crippen LogP contribution in [0.4, 0.5) is 0 Å². The molecule has 21 heavy (non-hydrogen) atoms. The third-order valence-electron chi connectivity index (χ3n) is 3.00. The van der Waals surface area contributed by atoms with Crippen LogP contribution in [0.5, 0.6) is 0 Å². The van der Waals surface area contributed by atoms with Gasteiger partial charge >= 0.3 is 0 Å². The monoisotopic (exact) mass is 279 g/mol. The maximum Gasteiger partial charge on any atom is 0.273 e. The summed E-state index contributed by atoms with van der Waals surface area (Å²) < 4.78 is 5.20. The van der Waals surface area contributed by atoms with Crippen molar-refractivity contribution in [1.82, 2.24) is 15.5 Å². The Hall–Kier alpha value is -2.95. The van der Waals surface area contributed by atoms with Crippen LogP contribution in [0.25, 0.3) is 11.3 Å². The Morgan fingerprint density at radius 2 is 1.86 bits per heavy atom. The second-order valence-electron chi connectivity index (χ2n) is 4.48. The van der Waals surface area contributed by atoms with Crippen molar-refractivity contribution in [2.24, 2.45) is 0 Å². The number of nitrogens with one attached hydrogen (secondary N) is 1. The molecule has 1 aromatic carbocycles. The topological polar surface area (TPSA) is 68.0 Å². The Bertz CT molecular complexity index is 724. The summed E-state index contributed by atoms with van der Waals surface area (Å²) in [4.78, 5) is 15.9. The summed E-state index contributed by atoms with van der Waals surface area (Å²) in [5, 5.41) is 6.60. The number of rotatable bonds is 4. The number of pyridine rings is 1. The van der Waals surface area contributed by atoms with Gasteiger partial charge in [-0.25, -0.2) is 0 Å². The summed E-state index contributed by atoms with van der Waals surface area (Å²) in [7, 11) is 0. The van der Waals surface area contributed by atoms with Crippen LogP contribution in [0.3, 0.4) is 0 Å². The molecule has 1 N–H and O–H groups in total. The molecule has 0 unspecified atom stereocenters. The number of amides is 1. The first kappa shape index (κ1) is 13.1. The zero-order valence-corrected chi connectivity index (χ0v) is 11.2. The van der Waals surface area contributed by atoms with Crippen LogP contribution in [-0.2, 0) is 6.54 Å². The van der Waals surface area contributed by atoms with Crippen molar-refractivity contribution in [2.45, 2.75) is 6.54 Å². The van der Waals surface area contributed by atoms with E-state index in [1.165, 1.54) is 0 Å². The van der Waals surface area contributed by atoms with Gasteiger partial charge in [-0.2, -0.15) is 0 Å². The van der Waals surface area contributed by atoms with E-state index in [0.29, 0.717) is 12.3 Å². The fraction of sp³-hybridized carbons (Fsp3) is 0.0625. The van der Waals surface area contributed by atoms with Gasteiger partial charge in [-0.05, 0) is 17.7 Å². The van der Waals surface area contributed by atoms with Crippen LogP contribution >= 0.6 is 0 Å². The second-order valence-corrected chi connectivity index (χ2v) is 4.48. The minimum atomic E-state index is -0.266. The molecule has 2 heterocycles. The second kappa shape index (κ2) is 6.00. The highest BCUT2D eigenvalue weighted by molar-refractivity contribution is 5.93. The first-order valence-corrected chi connectivity index (χ1v) is 6.52. The number of aromatic nitrogens is 2. The number of benzene rings is 1. The van der Waals surface area contributed by atoms with Crippen molar-refractivity contribution in [3.05, 3.63) is 72.2 Å². The average Bonchev–Trinajstić information content (AvgIpc) is 3.04. The molecular weight excluding hydrogens is 266 g/mol. The average molecular weight is 279 g/mol. The van der Waals surface area contributed by atoms with Crippen molar-refractivity contribution < 1.29 is 9.32 Å². The largest absolute Gasteiger partial charge is 0.355 e. The molecule has 0 bridgehead atoms. The van der Waals surface area contributed by atoms with Crippen molar-refractivity contribution in [3.63, 3.8) is 0 Å². The predicted molar refractivity (Wildman–Crippen MR) is 77.3 cm³/mol. The van der Waals surface area contributed by atoms with Gasteiger partial charge in [-0.1, -0.05) is 35.5 Å². The van der Waals surface area contributed by atoms with E-state index in [4.69, 9.17) is 4.52 Å². The van der Waals surface area contributed by atoms with E-state index in [0.717, 1.165) is 11.1 Å². The van der Waals surface area contributed by atoms with Crippen molar-refractivity contribution >= 4 is 5.91 Å². The van der Waals surface area contributed by atoms with E-state index in [-0.39, 0.29) is 11.6 Å². The highest BCUT2D eigenvalue weighted by atomic mass is 16.5. The van der Waals surface area contributed by atoms with Gasteiger partial charge in [0.25, 0.3) is 5.91 Å². The van der Waals surface area contributed by atoms with E-state index >= 15 is 0 Å². The summed E-state index contributed by atoms with van der Waals surface area (Å²) >= 11 is 0. The van der Waals surface area contributed by atoms with Crippen LogP contribution in [-0.4, -0.2) is 16.0 Å². The third-order valence-corrected chi connectivity index (χ3v) is 3.00. The zero-order valence-electron chi connectivity index (χ0n) is 11.2. The van der Waals surface area contributed by atoms with Crippen molar-refractivity contribution in [1.29, 1.82) is 0 Å². The van der Waals surface area contributed by atoms with Gasteiger partial charge in [0.15, 0.2) is 11.5 Å². The lowest BCUT2D eigenvalue weighted by Gasteiger charge is -2.01. The molecule has 104 valence electrons. The van der Waals surface area contributed by atoms with Crippen molar-refractivity contribution in [2.75, 3.05) is 0 Å². The molecule has 0 aliphatic carbocycles. The lowest BCUT2D eigenvalue weighted by molar-refractivity contribution is 0.0942. The van der Waals surface area contributed by atoms with Gasteiger partial charge in [0.05, 0.1) is 0 Å². The Labute approximate surface area is 121 Å². The normalized spacial score (nSPS) is 10.3. The Morgan fingerprint density at radius 1 is 1.10 bits per heavy atom. The zero-order chi connectivity index (χ0) is 14.5. The summed E-state index contributed by atoms with van der Waals surface area (Å²) in [6.45, 7) is 0.425. The fourth-order valence-corrected chi connectivity index (χ4v) is 1.89. The Kier molecular flexibility index (Phi) is 3.73. The first-order valence-electron chi connectivity index (χ1n) is 6.52. The molecule has 3 aromatic rings. The molecule has 0 atom stereocenters. The quantitative estimate of drug-likeness (QED) is 0.797. The van der Waals surface area contributed by atoms with E-state index in [1.807, 2.05) is 42.5 Å². The predicted octanol–water partition coefficient (Wildman–Crippen LogP) is 2.67. The van der Waals surface area contributed by atoms with Crippen LogP contribution in [0.2, 0.25) is 0 Å². The number of carbonyl (C=O) groups excluding carboxylic acids is 1. The molecule has 0 aliphatic rings. The van der Waals surface area contributed by atoms with Gasteiger partial charge in [0.2, 0.25) is 0 Å². The lowest BCUT2D eigenvalue weighted by Crippen LogP contribution is -2.22. The summed E-state index contributed by atoms with van der Waals surface area (Å²) in [5.74, 6) is 0.308. The van der Waals surface area contributed by atoms with E-state index in [2.05, 4.69) is 15.5 Å². The van der Waals surface area contributed by atoms with Crippen LogP contribution < -0.4 is 5.32 Å². The first-order chi connectivity index (χ1) is 10.3. The van der Waals surface area contributed by atoms with E-state index in [1.54, 1.807) is 18.5 Å². The molecule has 0 radical (unpaired) electrons. The molecule has 0 saturated heterocycles. The number of hydrogen-bond donors (Lipinski definition) is 1. The molecule has 2 aromatic heterocycles. The molecular formula is C16H13N3O2. The SMILES string of the molecule is O=C(NCc1ccncc1)c1cc(-c2ccccc2)on1. The van der Waals surface area contributed by atoms with Gasteiger partial charge in [-0.3, -0.25) is 9.78 Å². The molecule has 5 heteroatoms. The van der Waals surface area contributed by atoms with Gasteiger partial charge in [-0.15, -0.1) is 0 Å². The highest BCUT2D eigenvalue weighted by Gasteiger charge is 2.13. The van der Waals surface area contributed by atoms with Gasteiger partial charge in [0, 0.05) is 30.6 Å². The minimum Gasteiger partial charge on any atom is -0.355 e. The van der Waals surface area contributed by atoms with Crippen LogP contribution in [0.1, 0.15) is 16.1 Å². The van der Waals surface area contributed by atoms with Gasteiger partial charge in [0.1, 0.15) is 0 Å². The minimum absolute atomic E-state index is 0.266. The van der Waals surface area contributed by atoms with Crippen LogP contribution in [0.15, 0.2) is 65.4 Å². The smallest absolute Gasteiger partial charge is 0.273 e. The maximum atomic E-state index is 12.0. The number of carbonyl (C=O) groups is 1. The molecule has 3 rings (SSSR count).